The maximum atomic E-state index is 12.5. The second-order valence-electron chi connectivity index (χ2n) is 6.74. The lowest BCUT2D eigenvalue weighted by atomic mass is 9.94. The third-order valence-corrected chi connectivity index (χ3v) is 4.87. The number of ketones is 1. The summed E-state index contributed by atoms with van der Waals surface area (Å²) in [6.45, 7) is -0.630. The van der Waals surface area contributed by atoms with Gasteiger partial charge in [-0.2, -0.15) is 5.26 Å². The van der Waals surface area contributed by atoms with E-state index in [1.807, 2.05) is 0 Å². The van der Waals surface area contributed by atoms with E-state index in [0.29, 0.717) is 5.52 Å². The lowest BCUT2D eigenvalue weighted by molar-refractivity contribution is -0.132. The first-order chi connectivity index (χ1) is 13.0. The molecule has 0 saturated heterocycles. The minimum Gasteiger partial charge on any atom is -0.352 e. The largest absolute Gasteiger partial charge is 0.352 e. The van der Waals surface area contributed by atoms with Gasteiger partial charge in [-0.15, -0.1) is 0 Å². The molecule has 27 heavy (non-hydrogen) atoms. The number of aromatic nitrogens is 2. The summed E-state index contributed by atoms with van der Waals surface area (Å²) in [5, 5.41) is 12.3. The van der Waals surface area contributed by atoms with Crippen LogP contribution >= 0.6 is 0 Å². The number of para-hydroxylation sites is 1. The summed E-state index contributed by atoms with van der Waals surface area (Å²) in [6, 6.07) is 8.09. The fourth-order valence-electron chi connectivity index (χ4n) is 3.40. The second kappa shape index (κ2) is 7.99. The van der Waals surface area contributed by atoms with Crippen LogP contribution in [-0.4, -0.2) is 27.3 Å². The van der Waals surface area contributed by atoms with Crippen LogP contribution in [-0.2, 0) is 16.1 Å². The molecule has 0 radical (unpaired) electrons. The third kappa shape index (κ3) is 3.97. The van der Waals surface area contributed by atoms with Gasteiger partial charge in [0.1, 0.15) is 0 Å². The summed E-state index contributed by atoms with van der Waals surface area (Å²) < 4.78 is 0.725. The molecule has 1 amide bonds. The van der Waals surface area contributed by atoms with Gasteiger partial charge in [-0.05, 0) is 25.0 Å². The van der Waals surface area contributed by atoms with Crippen LogP contribution in [0.3, 0.4) is 0 Å². The normalized spacial score (nSPS) is 15.8. The van der Waals surface area contributed by atoms with Crippen LogP contribution < -0.4 is 16.6 Å². The van der Waals surface area contributed by atoms with Crippen LogP contribution in [0.4, 0.5) is 0 Å². The van der Waals surface area contributed by atoms with Crippen LogP contribution in [0.1, 0.15) is 32.1 Å². The highest BCUT2D eigenvalue weighted by molar-refractivity contribution is 6.04. The molecule has 0 aliphatic heterocycles. The van der Waals surface area contributed by atoms with Crippen LogP contribution in [0.5, 0.6) is 0 Å². The van der Waals surface area contributed by atoms with Crippen molar-refractivity contribution in [1.29, 1.82) is 5.26 Å². The zero-order chi connectivity index (χ0) is 19.4. The molecule has 1 fully saturated rings. The fourth-order valence-corrected chi connectivity index (χ4v) is 3.40. The van der Waals surface area contributed by atoms with Crippen molar-refractivity contribution in [1.82, 2.24) is 14.9 Å². The Hall–Kier alpha value is -3.21. The number of hydrogen-bond acceptors (Lipinski definition) is 5. The van der Waals surface area contributed by atoms with Gasteiger partial charge in [0.05, 0.1) is 23.5 Å². The summed E-state index contributed by atoms with van der Waals surface area (Å²) in [5.74, 6) is -3.00. The first-order valence-corrected chi connectivity index (χ1v) is 8.96. The lowest BCUT2D eigenvalue weighted by Gasteiger charge is -2.23. The quantitative estimate of drug-likeness (QED) is 0.757. The number of carbonyl (C=O) groups is 2. The van der Waals surface area contributed by atoms with Crippen molar-refractivity contribution in [2.45, 2.75) is 44.7 Å². The standard InChI is InChI=1S/C19H20N4O4/c20-10-14(17(25)21-12-6-2-1-3-7-12)16(24)11-23-18(26)13-8-4-5-9-15(13)22-19(23)27/h4-5,8-9,12,14H,1-3,6-7,11H2,(H,21,25)(H,22,27). The Morgan fingerprint density at radius 3 is 2.63 bits per heavy atom. The Kier molecular flexibility index (Phi) is 5.50. The van der Waals surface area contributed by atoms with Gasteiger partial charge in [0.15, 0.2) is 11.7 Å². The Morgan fingerprint density at radius 2 is 1.93 bits per heavy atom. The highest BCUT2D eigenvalue weighted by Crippen LogP contribution is 2.18. The minimum absolute atomic E-state index is 0.0401. The van der Waals surface area contributed by atoms with E-state index in [1.165, 1.54) is 6.07 Å². The van der Waals surface area contributed by atoms with Gasteiger partial charge in [0.2, 0.25) is 5.91 Å². The van der Waals surface area contributed by atoms with Crippen LogP contribution in [0, 0.1) is 17.2 Å². The number of rotatable bonds is 5. The maximum Gasteiger partial charge on any atom is 0.329 e. The van der Waals surface area contributed by atoms with E-state index < -0.39 is 35.4 Å². The Bertz CT molecular complexity index is 1020. The van der Waals surface area contributed by atoms with Crippen molar-refractivity contribution in [2.75, 3.05) is 0 Å². The molecule has 3 rings (SSSR count). The molecule has 1 saturated carbocycles. The average molecular weight is 368 g/mol. The van der Waals surface area contributed by atoms with Gasteiger partial charge in [-0.25, -0.2) is 4.79 Å². The third-order valence-electron chi connectivity index (χ3n) is 4.87. The second-order valence-corrected chi connectivity index (χ2v) is 6.74. The smallest absolute Gasteiger partial charge is 0.329 e. The van der Waals surface area contributed by atoms with Crippen LogP contribution in [0.15, 0.2) is 33.9 Å². The first-order valence-electron chi connectivity index (χ1n) is 8.96. The molecule has 1 aromatic heterocycles. The average Bonchev–Trinajstić information content (AvgIpc) is 2.66. The molecule has 2 aromatic rings. The number of aromatic amines is 1. The van der Waals surface area contributed by atoms with E-state index in [-0.39, 0.29) is 11.4 Å². The molecule has 8 heteroatoms. The molecule has 140 valence electrons. The Balaban J connectivity index is 1.80. The van der Waals surface area contributed by atoms with Crippen molar-refractivity contribution >= 4 is 22.6 Å². The molecular formula is C19H20N4O4. The van der Waals surface area contributed by atoms with E-state index in [4.69, 9.17) is 0 Å². The SMILES string of the molecule is N#CC(C(=O)Cn1c(=O)[nH]c2ccccc2c1=O)C(=O)NC1CCCCC1. The van der Waals surface area contributed by atoms with E-state index >= 15 is 0 Å². The summed E-state index contributed by atoms with van der Waals surface area (Å²) in [6.07, 6.45) is 4.75. The number of nitriles is 1. The van der Waals surface area contributed by atoms with Gasteiger partial charge in [-0.3, -0.25) is 19.0 Å². The number of benzene rings is 1. The van der Waals surface area contributed by atoms with Gasteiger partial charge in [0.25, 0.3) is 5.56 Å². The van der Waals surface area contributed by atoms with Crippen LogP contribution in [0.2, 0.25) is 0 Å². The van der Waals surface area contributed by atoms with E-state index in [2.05, 4.69) is 10.3 Å². The number of nitrogens with zero attached hydrogens (tertiary/aromatic N) is 2. The summed E-state index contributed by atoms with van der Waals surface area (Å²) >= 11 is 0. The number of amides is 1. The number of H-pyrrole nitrogens is 1. The maximum absolute atomic E-state index is 12.5. The molecule has 1 atom stereocenters. The first kappa shape index (κ1) is 18.6. The zero-order valence-electron chi connectivity index (χ0n) is 14.7. The van der Waals surface area contributed by atoms with Crippen molar-refractivity contribution in [3.8, 4) is 6.07 Å². The zero-order valence-corrected chi connectivity index (χ0v) is 14.7. The lowest BCUT2D eigenvalue weighted by Crippen LogP contribution is -2.44. The molecule has 0 bridgehead atoms. The monoisotopic (exact) mass is 368 g/mol. The van der Waals surface area contributed by atoms with Crippen molar-refractivity contribution in [3.63, 3.8) is 0 Å². The Labute approximate surface area is 154 Å². The van der Waals surface area contributed by atoms with Gasteiger partial charge in [0, 0.05) is 6.04 Å². The number of hydrogen-bond donors (Lipinski definition) is 2. The highest BCUT2D eigenvalue weighted by atomic mass is 16.2. The number of fused-ring (bicyclic) bond motifs is 1. The van der Waals surface area contributed by atoms with Gasteiger partial charge in [-0.1, -0.05) is 31.4 Å². The fraction of sp³-hybridized carbons (Fsp3) is 0.421. The van der Waals surface area contributed by atoms with E-state index in [9.17, 15) is 24.4 Å². The predicted molar refractivity (Wildman–Crippen MR) is 98.0 cm³/mol. The van der Waals surface area contributed by atoms with Gasteiger partial charge < -0.3 is 10.3 Å². The van der Waals surface area contributed by atoms with Crippen molar-refractivity contribution in [3.05, 3.63) is 45.1 Å². The molecule has 1 unspecified atom stereocenters. The summed E-state index contributed by atoms with van der Waals surface area (Å²) in [7, 11) is 0. The highest BCUT2D eigenvalue weighted by Gasteiger charge is 2.29. The molecule has 1 aliphatic rings. The Morgan fingerprint density at radius 1 is 1.22 bits per heavy atom. The van der Waals surface area contributed by atoms with Crippen LogP contribution in [0.25, 0.3) is 10.9 Å². The minimum atomic E-state index is -1.55. The van der Waals surface area contributed by atoms with E-state index in [0.717, 1.165) is 36.7 Å². The van der Waals surface area contributed by atoms with E-state index in [1.54, 1.807) is 24.3 Å². The topological polar surface area (TPSA) is 125 Å². The predicted octanol–water partition coefficient (Wildman–Crippen LogP) is 0.848. The molecule has 2 N–H and O–H groups in total. The molecule has 1 aliphatic carbocycles. The van der Waals surface area contributed by atoms with Gasteiger partial charge >= 0.3 is 5.69 Å². The van der Waals surface area contributed by atoms with Crippen molar-refractivity contribution in [2.24, 2.45) is 5.92 Å². The molecular weight excluding hydrogens is 348 g/mol. The molecule has 0 spiro atoms. The van der Waals surface area contributed by atoms with Crippen molar-refractivity contribution < 1.29 is 9.59 Å². The summed E-state index contributed by atoms with van der Waals surface area (Å²) in [5.41, 5.74) is -1.02. The number of Topliss-reactive ketones (excluding diaryl/α,β-unsaturated/α-hetero) is 1. The number of carbonyl (C=O) groups excluding carboxylic acids is 2. The molecule has 1 heterocycles. The number of nitrogens with one attached hydrogen (secondary N) is 2. The molecule has 8 nitrogen and oxygen atoms in total. The molecule has 1 aromatic carbocycles. The summed E-state index contributed by atoms with van der Waals surface area (Å²) in [4.78, 5) is 52.0.